The zero-order valence-electron chi connectivity index (χ0n) is 11.7. The van der Waals surface area contributed by atoms with Crippen LogP contribution in [-0.2, 0) is 12.8 Å². The summed E-state index contributed by atoms with van der Waals surface area (Å²) in [4.78, 5) is 4.53. The predicted octanol–water partition coefficient (Wildman–Crippen LogP) is 3.05. The number of nitrogens with zero attached hydrogens (tertiary/aromatic N) is 1. The van der Waals surface area contributed by atoms with Gasteiger partial charge in [-0.1, -0.05) is 31.9 Å². The van der Waals surface area contributed by atoms with Gasteiger partial charge in [-0.15, -0.1) is 0 Å². The van der Waals surface area contributed by atoms with Crippen molar-refractivity contribution in [2.75, 3.05) is 12.3 Å². The molecule has 0 saturated carbocycles. The highest BCUT2D eigenvalue weighted by Gasteiger charge is 2.05. The van der Waals surface area contributed by atoms with E-state index in [-0.39, 0.29) is 0 Å². The van der Waals surface area contributed by atoms with Gasteiger partial charge in [0.25, 0.3) is 0 Å². The number of aryl methyl sites for hydroxylation is 1. The van der Waals surface area contributed by atoms with Gasteiger partial charge in [0.05, 0.1) is 5.52 Å². The molecular formula is C16H23N3. The minimum absolute atomic E-state index is 0.663. The van der Waals surface area contributed by atoms with E-state index in [9.17, 15) is 0 Å². The molecule has 0 aliphatic carbocycles. The van der Waals surface area contributed by atoms with E-state index in [1.165, 1.54) is 35.8 Å². The van der Waals surface area contributed by atoms with E-state index in [0.29, 0.717) is 12.4 Å². The maximum absolute atomic E-state index is 6.06. The highest BCUT2D eigenvalue weighted by molar-refractivity contribution is 5.82. The zero-order chi connectivity index (χ0) is 13.7. The standard InChI is InChI=1S/C16H23N3/c1-2-3-4-5-14-11-13-7-6-12(8-9-17)10-15(13)19-16(14)18/h6-7,10-11H,2-5,8-9,17H2,1H3,(H2,18,19). The second-order valence-electron chi connectivity index (χ2n) is 5.06. The number of unbranched alkanes of at least 4 members (excludes halogenated alkanes) is 2. The molecular weight excluding hydrogens is 234 g/mol. The van der Waals surface area contributed by atoms with Gasteiger partial charge < -0.3 is 11.5 Å². The van der Waals surface area contributed by atoms with Gasteiger partial charge in [-0.2, -0.15) is 0 Å². The SMILES string of the molecule is CCCCCc1cc2ccc(CCN)cc2nc1N. The van der Waals surface area contributed by atoms with Crippen LogP contribution in [-0.4, -0.2) is 11.5 Å². The number of hydrogen-bond donors (Lipinski definition) is 2. The van der Waals surface area contributed by atoms with Gasteiger partial charge in [-0.3, -0.25) is 0 Å². The molecule has 0 radical (unpaired) electrons. The second kappa shape index (κ2) is 6.53. The molecule has 0 bridgehead atoms. The monoisotopic (exact) mass is 257 g/mol. The molecule has 0 saturated heterocycles. The van der Waals surface area contributed by atoms with Crippen molar-refractivity contribution >= 4 is 16.7 Å². The van der Waals surface area contributed by atoms with Crippen molar-refractivity contribution in [1.82, 2.24) is 4.98 Å². The fraction of sp³-hybridized carbons (Fsp3) is 0.438. The lowest BCUT2D eigenvalue weighted by Gasteiger charge is -2.08. The molecule has 2 rings (SSSR count). The molecule has 1 heterocycles. The van der Waals surface area contributed by atoms with Crippen molar-refractivity contribution < 1.29 is 0 Å². The van der Waals surface area contributed by atoms with E-state index in [1.807, 2.05) is 0 Å². The smallest absolute Gasteiger partial charge is 0.127 e. The normalized spacial score (nSPS) is 11.1. The Kier molecular flexibility index (Phi) is 4.74. The predicted molar refractivity (Wildman–Crippen MR) is 82.1 cm³/mol. The Morgan fingerprint density at radius 2 is 1.95 bits per heavy atom. The fourth-order valence-corrected chi connectivity index (χ4v) is 2.36. The molecule has 1 aromatic carbocycles. The summed E-state index contributed by atoms with van der Waals surface area (Å²) in [6.45, 7) is 2.87. The quantitative estimate of drug-likeness (QED) is 0.782. The Morgan fingerprint density at radius 3 is 2.68 bits per heavy atom. The minimum atomic E-state index is 0.663. The first kappa shape index (κ1) is 13.8. The Hall–Kier alpha value is -1.61. The Bertz CT molecular complexity index is 549. The summed E-state index contributed by atoms with van der Waals surface area (Å²) in [6, 6.07) is 8.52. The first-order valence-electron chi connectivity index (χ1n) is 7.12. The lowest BCUT2D eigenvalue weighted by molar-refractivity contribution is 0.718. The molecule has 0 aliphatic heterocycles. The van der Waals surface area contributed by atoms with E-state index in [2.05, 4.69) is 36.2 Å². The minimum Gasteiger partial charge on any atom is -0.383 e. The van der Waals surface area contributed by atoms with E-state index >= 15 is 0 Å². The molecule has 3 heteroatoms. The number of nitrogen functional groups attached to an aromatic ring is 1. The van der Waals surface area contributed by atoms with E-state index in [1.54, 1.807) is 0 Å². The molecule has 3 nitrogen and oxygen atoms in total. The maximum atomic E-state index is 6.06. The van der Waals surface area contributed by atoms with Gasteiger partial charge in [0.2, 0.25) is 0 Å². The van der Waals surface area contributed by atoms with Gasteiger partial charge in [0.15, 0.2) is 0 Å². The summed E-state index contributed by atoms with van der Waals surface area (Å²) in [5.74, 6) is 0.675. The van der Waals surface area contributed by atoms with E-state index in [0.717, 1.165) is 18.4 Å². The number of fused-ring (bicyclic) bond motifs is 1. The lowest BCUT2D eigenvalue weighted by Crippen LogP contribution is -2.03. The molecule has 0 aliphatic rings. The summed E-state index contributed by atoms with van der Waals surface area (Å²) >= 11 is 0. The highest BCUT2D eigenvalue weighted by Crippen LogP contribution is 2.21. The van der Waals surface area contributed by atoms with Crippen molar-refractivity contribution in [3.63, 3.8) is 0 Å². The number of hydrogen-bond acceptors (Lipinski definition) is 3. The average Bonchev–Trinajstić information content (AvgIpc) is 2.40. The number of anilines is 1. The highest BCUT2D eigenvalue weighted by atomic mass is 14.8. The zero-order valence-corrected chi connectivity index (χ0v) is 11.7. The first-order chi connectivity index (χ1) is 9.24. The molecule has 0 amide bonds. The number of rotatable bonds is 6. The van der Waals surface area contributed by atoms with Gasteiger partial charge in [-0.25, -0.2) is 4.98 Å². The first-order valence-corrected chi connectivity index (χ1v) is 7.12. The number of benzene rings is 1. The molecule has 0 fully saturated rings. The number of pyridine rings is 1. The molecule has 4 N–H and O–H groups in total. The van der Waals surface area contributed by atoms with Crippen LogP contribution >= 0.6 is 0 Å². The molecule has 19 heavy (non-hydrogen) atoms. The number of nitrogens with two attached hydrogens (primary N) is 2. The third-order valence-corrected chi connectivity index (χ3v) is 3.48. The van der Waals surface area contributed by atoms with Crippen LogP contribution in [0.5, 0.6) is 0 Å². The molecule has 2 aromatic rings. The third kappa shape index (κ3) is 3.44. The van der Waals surface area contributed by atoms with Crippen molar-refractivity contribution in [2.24, 2.45) is 5.73 Å². The Balaban J connectivity index is 2.27. The molecule has 0 unspecified atom stereocenters. The average molecular weight is 257 g/mol. The molecule has 0 atom stereocenters. The number of aromatic nitrogens is 1. The molecule has 102 valence electrons. The van der Waals surface area contributed by atoms with Crippen LogP contribution in [0.4, 0.5) is 5.82 Å². The summed E-state index contributed by atoms with van der Waals surface area (Å²) in [5, 5.41) is 1.17. The second-order valence-corrected chi connectivity index (χ2v) is 5.06. The summed E-state index contributed by atoms with van der Waals surface area (Å²) in [7, 11) is 0. The van der Waals surface area contributed by atoms with Crippen LogP contribution in [0.1, 0.15) is 37.3 Å². The fourth-order valence-electron chi connectivity index (χ4n) is 2.36. The van der Waals surface area contributed by atoms with Crippen LogP contribution in [0.15, 0.2) is 24.3 Å². The van der Waals surface area contributed by atoms with Crippen LogP contribution in [0, 0.1) is 0 Å². The molecule has 1 aromatic heterocycles. The van der Waals surface area contributed by atoms with E-state index in [4.69, 9.17) is 11.5 Å². The van der Waals surface area contributed by atoms with Crippen molar-refractivity contribution in [1.29, 1.82) is 0 Å². The van der Waals surface area contributed by atoms with Crippen LogP contribution < -0.4 is 11.5 Å². The van der Waals surface area contributed by atoms with Crippen LogP contribution in [0.25, 0.3) is 10.9 Å². The summed E-state index contributed by atoms with van der Waals surface area (Å²) in [5.41, 5.74) is 15.0. The van der Waals surface area contributed by atoms with E-state index < -0.39 is 0 Å². The largest absolute Gasteiger partial charge is 0.383 e. The van der Waals surface area contributed by atoms with Gasteiger partial charge in [0, 0.05) is 5.39 Å². The maximum Gasteiger partial charge on any atom is 0.127 e. The summed E-state index contributed by atoms with van der Waals surface area (Å²) < 4.78 is 0. The van der Waals surface area contributed by atoms with Gasteiger partial charge >= 0.3 is 0 Å². The lowest BCUT2D eigenvalue weighted by atomic mass is 10.0. The van der Waals surface area contributed by atoms with Crippen LogP contribution in [0.3, 0.4) is 0 Å². The Morgan fingerprint density at radius 1 is 1.11 bits per heavy atom. The Labute approximate surface area is 115 Å². The van der Waals surface area contributed by atoms with Crippen molar-refractivity contribution in [3.05, 3.63) is 35.4 Å². The van der Waals surface area contributed by atoms with Gasteiger partial charge in [0.1, 0.15) is 5.82 Å². The molecule has 0 spiro atoms. The third-order valence-electron chi connectivity index (χ3n) is 3.48. The van der Waals surface area contributed by atoms with Crippen molar-refractivity contribution in [3.8, 4) is 0 Å². The summed E-state index contributed by atoms with van der Waals surface area (Å²) in [6.07, 6.45) is 5.55. The van der Waals surface area contributed by atoms with Gasteiger partial charge in [-0.05, 0) is 49.1 Å². The topological polar surface area (TPSA) is 64.9 Å². The van der Waals surface area contributed by atoms with Crippen LogP contribution in [0.2, 0.25) is 0 Å². The van der Waals surface area contributed by atoms with Crippen molar-refractivity contribution in [2.45, 2.75) is 39.0 Å².